The van der Waals surface area contributed by atoms with Crippen molar-refractivity contribution < 1.29 is 24.2 Å². The average molecular weight is 374 g/mol. The van der Waals surface area contributed by atoms with Crippen molar-refractivity contribution in [2.45, 2.75) is 57.5 Å². The standard InChI is InChI=1S/C20H26N2O5/c23-18(13-9-11-15(12-10-13)27-14-5-1-2-6-14)21-22-19(24)16-7-3-4-8-17(16)20(25)26/h9-12,14,16-17H,1-8H2,(H,21,23)(H,22,24)(H,25,26). The number of amides is 2. The molecule has 0 heterocycles. The van der Waals surface area contributed by atoms with Gasteiger partial charge in [0.25, 0.3) is 5.91 Å². The highest BCUT2D eigenvalue weighted by atomic mass is 16.5. The monoisotopic (exact) mass is 374 g/mol. The summed E-state index contributed by atoms with van der Waals surface area (Å²) in [6, 6.07) is 6.78. The van der Waals surface area contributed by atoms with Gasteiger partial charge in [-0.3, -0.25) is 25.2 Å². The number of hydrogen-bond acceptors (Lipinski definition) is 4. The molecule has 0 radical (unpaired) electrons. The molecule has 1 aromatic carbocycles. The van der Waals surface area contributed by atoms with Crippen molar-refractivity contribution in [3.05, 3.63) is 29.8 Å². The fraction of sp³-hybridized carbons (Fsp3) is 0.550. The van der Waals surface area contributed by atoms with E-state index < -0.39 is 29.6 Å². The van der Waals surface area contributed by atoms with Gasteiger partial charge in [-0.25, -0.2) is 0 Å². The van der Waals surface area contributed by atoms with Crippen LogP contribution in [0.4, 0.5) is 0 Å². The lowest BCUT2D eigenvalue weighted by Crippen LogP contribution is -2.47. The number of carboxylic acids is 1. The molecule has 2 fully saturated rings. The maximum atomic E-state index is 12.3. The van der Waals surface area contributed by atoms with Gasteiger partial charge in [0.1, 0.15) is 5.75 Å². The molecule has 146 valence electrons. The molecule has 0 saturated heterocycles. The quantitative estimate of drug-likeness (QED) is 0.687. The van der Waals surface area contributed by atoms with Gasteiger partial charge in [-0.05, 0) is 62.8 Å². The van der Waals surface area contributed by atoms with Gasteiger partial charge < -0.3 is 9.84 Å². The Bertz CT molecular complexity index is 682. The van der Waals surface area contributed by atoms with E-state index in [1.54, 1.807) is 24.3 Å². The molecule has 1 aromatic rings. The number of carboxylic acid groups (broad SMARTS) is 1. The first-order chi connectivity index (χ1) is 13.0. The number of benzene rings is 1. The highest BCUT2D eigenvalue weighted by Crippen LogP contribution is 2.30. The van der Waals surface area contributed by atoms with Crippen molar-refractivity contribution in [1.29, 1.82) is 0 Å². The summed E-state index contributed by atoms with van der Waals surface area (Å²) in [5, 5.41) is 9.26. The minimum Gasteiger partial charge on any atom is -0.490 e. The average Bonchev–Trinajstić information content (AvgIpc) is 3.19. The zero-order valence-electron chi connectivity index (χ0n) is 15.3. The Labute approximate surface area is 158 Å². The van der Waals surface area contributed by atoms with Crippen molar-refractivity contribution in [2.75, 3.05) is 0 Å². The van der Waals surface area contributed by atoms with Crippen molar-refractivity contribution in [2.24, 2.45) is 11.8 Å². The molecular weight excluding hydrogens is 348 g/mol. The van der Waals surface area contributed by atoms with E-state index in [4.69, 9.17) is 4.74 Å². The smallest absolute Gasteiger partial charge is 0.307 e. The largest absolute Gasteiger partial charge is 0.490 e. The second kappa shape index (κ2) is 8.88. The van der Waals surface area contributed by atoms with Crippen molar-refractivity contribution in [3.8, 4) is 5.75 Å². The van der Waals surface area contributed by atoms with Crippen LogP contribution in [0.25, 0.3) is 0 Å². The van der Waals surface area contributed by atoms with E-state index in [1.807, 2.05) is 0 Å². The van der Waals surface area contributed by atoms with E-state index >= 15 is 0 Å². The van der Waals surface area contributed by atoms with Crippen molar-refractivity contribution in [1.82, 2.24) is 10.9 Å². The molecule has 2 atom stereocenters. The van der Waals surface area contributed by atoms with Gasteiger partial charge in [0, 0.05) is 5.56 Å². The van der Waals surface area contributed by atoms with E-state index in [-0.39, 0.29) is 6.10 Å². The van der Waals surface area contributed by atoms with Crippen LogP contribution in [0.5, 0.6) is 5.75 Å². The summed E-state index contributed by atoms with van der Waals surface area (Å²) in [6.45, 7) is 0. The van der Waals surface area contributed by atoms with Crippen LogP contribution in [0.15, 0.2) is 24.3 Å². The normalized spacial score (nSPS) is 22.8. The summed E-state index contributed by atoms with van der Waals surface area (Å²) >= 11 is 0. The molecular formula is C20H26N2O5. The molecule has 7 heteroatoms. The maximum absolute atomic E-state index is 12.3. The van der Waals surface area contributed by atoms with E-state index in [9.17, 15) is 19.5 Å². The lowest BCUT2D eigenvalue weighted by molar-refractivity contribution is -0.149. The Kier molecular flexibility index (Phi) is 6.32. The van der Waals surface area contributed by atoms with Crippen LogP contribution < -0.4 is 15.6 Å². The highest BCUT2D eigenvalue weighted by Gasteiger charge is 2.35. The number of carbonyl (C=O) groups is 3. The summed E-state index contributed by atoms with van der Waals surface area (Å²) in [5.74, 6) is -2.43. The molecule has 2 aliphatic rings. The zero-order valence-corrected chi connectivity index (χ0v) is 15.3. The van der Waals surface area contributed by atoms with Crippen LogP contribution in [0, 0.1) is 11.8 Å². The fourth-order valence-electron chi connectivity index (χ4n) is 3.91. The van der Waals surface area contributed by atoms with Crippen LogP contribution in [0.2, 0.25) is 0 Å². The Morgan fingerprint density at radius 3 is 2.07 bits per heavy atom. The molecule has 2 saturated carbocycles. The predicted octanol–water partition coefficient (Wildman–Crippen LogP) is 2.66. The van der Waals surface area contributed by atoms with Crippen LogP contribution in [-0.2, 0) is 9.59 Å². The first-order valence-electron chi connectivity index (χ1n) is 9.64. The Morgan fingerprint density at radius 2 is 1.44 bits per heavy atom. The number of hydrazine groups is 1. The second-order valence-corrected chi connectivity index (χ2v) is 7.33. The third-order valence-electron chi connectivity index (χ3n) is 5.44. The van der Waals surface area contributed by atoms with Crippen LogP contribution >= 0.6 is 0 Å². The van der Waals surface area contributed by atoms with Crippen LogP contribution in [0.1, 0.15) is 61.7 Å². The number of nitrogens with one attached hydrogen (secondary N) is 2. The summed E-state index contributed by atoms with van der Waals surface area (Å²) in [5.41, 5.74) is 5.15. The summed E-state index contributed by atoms with van der Waals surface area (Å²) in [4.78, 5) is 35.8. The third kappa shape index (κ3) is 4.99. The van der Waals surface area contributed by atoms with E-state index in [2.05, 4.69) is 10.9 Å². The van der Waals surface area contributed by atoms with E-state index in [0.29, 0.717) is 18.4 Å². The molecule has 3 N–H and O–H groups in total. The molecule has 27 heavy (non-hydrogen) atoms. The molecule has 2 amide bonds. The van der Waals surface area contributed by atoms with Crippen molar-refractivity contribution >= 4 is 17.8 Å². The minimum atomic E-state index is -0.959. The van der Waals surface area contributed by atoms with Gasteiger partial charge in [0.15, 0.2) is 0 Å². The number of aliphatic carboxylic acids is 1. The van der Waals surface area contributed by atoms with Crippen LogP contribution in [0.3, 0.4) is 0 Å². The first-order valence-corrected chi connectivity index (χ1v) is 9.64. The topological polar surface area (TPSA) is 105 Å². The summed E-state index contributed by atoms with van der Waals surface area (Å²) in [7, 11) is 0. The molecule has 2 unspecified atom stereocenters. The van der Waals surface area contributed by atoms with Gasteiger partial charge in [-0.1, -0.05) is 12.8 Å². The molecule has 0 spiro atoms. The van der Waals surface area contributed by atoms with E-state index in [0.717, 1.165) is 31.4 Å². The Hall–Kier alpha value is -2.57. The van der Waals surface area contributed by atoms with Gasteiger partial charge >= 0.3 is 5.97 Å². The maximum Gasteiger partial charge on any atom is 0.307 e. The molecule has 2 aliphatic carbocycles. The zero-order chi connectivity index (χ0) is 19.2. The molecule has 0 aliphatic heterocycles. The van der Waals surface area contributed by atoms with Gasteiger partial charge in [-0.2, -0.15) is 0 Å². The lowest BCUT2D eigenvalue weighted by Gasteiger charge is -2.27. The molecule has 7 nitrogen and oxygen atoms in total. The predicted molar refractivity (Wildman–Crippen MR) is 98.0 cm³/mol. The van der Waals surface area contributed by atoms with Gasteiger partial charge in [-0.15, -0.1) is 0 Å². The fourth-order valence-corrected chi connectivity index (χ4v) is 3.91. The minimum absolute atomic E-state index is 0.252. The first kappa shape index (κ1) is 19.2. The Morgan fingerprint density at radius 1 is 0.852 bits per heavy atom. The highest BCUT2D eigenvalue weighted by molar-refractivity contribution is 5.96. The third-order valence-corrected chi connectivity index (χ3v) is 5.44. The second-order valence-electron chi connectivity index (χ2n) is 7.33. The summed E-state index contributed by atoms with van der Waals surface area (Å²) < 4.78 is 5.86. The molecule has 3 rings (SSSR count). The van der Waals surface area contributed by atoms with Gasteiger partial charge in [0.2, 0.25) is 5.91 Å². The van der Waals surface area contributed by atoms with Crippen LogP contribution in [-0.4, -0.2) is 29.0 Å². The SMILES string of the molecule is O=C(NNC(=O)C1CCCCC1C(=O)O)c1ccc(OC2CCCC2)cc1. The number of ether oxygens (including phenoxy) is 1. The lowest BCUT2D eigenvalue weighted by atomic mass is 9.79. The van der Waals surface area contributed by atoms with Gasteiger partial charge in [0.05, 0.1) is 17.9 Å². The van der Waals surface area contributed by atoms with E-state index in [1.165, 1.54) is 12.8 Å². The number of hydrogen-bond donors (Lipinski definition) is 3. The molecule has 0 bridgehead atoms. The van der Waals surface area contributed by atoms with Crippen molar-refractivity contribution in [3.63, 3.8) is 0 Å². The number of rotatable bonds is 5. The summed E-state index contributed by atoms with van der Waals surface area (Å²) in [6.07, 6.45) is 7.39. The molecule has 0 aromatic heterocycles. The Balaban J connectivity index is 1.50. The number of carbonyl (C=O) groups excluding carboxylic acids is 2.